The van der Waals surface area contributed by atoms with Crippen molar-refractivity contribution in [2.24, 2.45) is 0 Å². The fourth-order valence-corrected chi connectivity index (χ4v) is 2.78. The van der Waals surface area contributed by atoms with Crippen molar-refractivity contribution in [2.45, 2.75) is 78.8 Å². The lowest BCUT2D eigenvalue weighted by atomic mass is 10.1. The molecule has 2 rings (SSSR count). The van der Waals surface area contributed by atoms with Gasteiger partial charge in [-0.2, -0.15) is 0 Å². The first-order valence-electron chi connectivity index (χ1n) is 11.4. The molecule has 0 aromatic heterocycles. The number of carbonyl (C=O) groups is 2. The monoisotopic (exact) mass is 468 g/mol. The Morgan fingerprint density at radius 3 is 1.18 bits per heavy atom. The van der Waals surface area contributed by atoms with E-state index in [9.17, 15) is 9.59 Å². The Morgan fingerprint density at radius 1 is 0.618 bits per heavy atom. The minimum absolute atomic E-state index is 0.399. The minimum Gasteiger partial charge on any atom is -0.479 e. The molecule has 0 bridgehead atoms. The van der Waals surface area contributed by atoms with E-state index in [0.29, 0.717) is 11.5 Å². The van der Waals surface area contributed by atoms with Crippen LogP contribution in [0.3, 0.4) is 0 Å². The van der Waals surface area contributed by atoms with Crippen LogP contribution in [-0.2, 0) is 19.1 Å². The van der Waals surface area contributed by atoms with Gasteiger partial charge < -0.3 is 18.9 Å². The van der Waals surface area contributed by atoms with E-state index >= 15 is 0 Å². The fourth-order valence-electron chi connectivity index (χ4n) is 2.78. The number of ether oxygens (including phenoxy) is 4. The average molecular weight is 469 g/mol. The molecule has 2 atom stereocenters. The molecule has 0 saturated carbocycles. The second kappa shape index (κ2) is 11.2. The summed E-state index contributed by atoms with van der Waals surface area (Å²) in [5.74, 6) is 0.390. The van der Waals surface area contributed by atoms with Gasteiger partial charge in [-0.15, -0.1) is 0 Å². The number of hydrogen-bond acceptors (Lipinski definition) is 6. The molecule has 0 saturated heterocycles. The Bertz CT molecular complexity index is 894. The molecule has 0 N–H and O–H groups in total. The van der Waals surface area contributed by atoms with Gasteiger partial charge >= 0.3 is 11.9 Å². The Morgan fingerprint density at radius 2 is 0.912 bits per heavy atom. The first-order chi connectivity index (χ1) is 15.7. The van der Waals surface area contributed by atoms with E-state index in [4.69, 9.17) is 18.9 Å². The molecule has 0 amide bonds. The summed E-state index contributed by atoms with van der Waals surface area (Å²) in [6.45, 7) is 14.3. The summed E-state index contributed by atoms with van der Waals surface area (Å²) in [5.41, 5.74) is 0.862. The largest absolute Gasteiger partial charge is 0.479 e. The molecule has 6 nitrogen and oxygen atoms in total. The first kappa shape index (κ1) is 27.0. The Labute approximate surface area is 202 Å². The van der Waals surface area contributed by atoms with E-state index in [-0.39, 0.29) is 0 Å². The standard InChI is InChI=1S/C28H36O6/c1-19(25(29)33-27(3,4)5)31-23-15-11-21(12-16-23)9-10-22-13-17-24(18-14-22)32-20(2)26(30)34-28(6,7)8/h9-20H,1-8H3/b10-9+. The first-order valence-corrected chi connectivity index (χ1v) is 11.4. The van der Waals surface area contributed by atoms with Crippen LogP contribution in [0.4, 0.5) is 0 Å². The zero-order valence-electron chi connectivity index (χ0n) is 21.4. The third-order valence-electron chi connectivity index (χ3n) is 4.33. The van der Waals surface area contributed by atoms with Crippen LogP contribution >= 0.6 is 0 Å². The average Bonchev–Trinajstić information content (AvgIpc) is 2.71. The number of esters is 2. The summed E-state index contributed by atoms with van der Waals surface area (Å²) in [6.07, 6.45) is 2.55. The van der Waals surface area contributed by atoms with Crippen LogP contribution < -0.4 is 9.47 Å². The number of rotatable bonds is 8. The lowest BCUT2D eigenvalue weighted by molar-refractivity contribution is -0.163. The van der Waals surface area contributed by atoms with Crippen LogP contribution in [0.15, 0.2) is 48.5 Å². The lowest BCUT2D eigenvalue weighted by Gasteiger charge is -2.22. The second-order valence-corrected chi connectivity index (χ2v) is 10.1. The van der Waals surface area contributed by atoms with Gasteiger partial charge in [-0.1, -0.05) is 36.4 Å². The summed E-state index contributed by atoms with van der Waals surface area (Å²) >= 11 is 0. The van der Waals surface area contributed by atoms with Gasteiger partial charge in [0.1, 0.15) is 22.7 Å². The van der Waals surface area contributed by atoms with Crippen molar-refractivity contribution in [3.8, 4) is 11.5 Å². The second-order valence-electron chi connectivity index (χ2n) is 10.1. The molecule has 6 heteroatoms. The summed E-state index contributed by atoms with van der Waals surface area (Å²) < 4.78 is 22.0. The quantitative estimate of drug-likeness (QED) is 0.346. The maximum atomic E-state index is 12.1. The van der Waals surface area contributed by atoms with Crippen LogP contribution in [0.5, 0.6) is 11.5 Å². The normalized spacial score (nSPS) is 13.8. The molecule has 0 aliphatic carbocycles. The van der Waals surface area contributed by atoms with Crippen LogP contribution in [0, 0.1) is 0 Å². The highest BCUT2D eigenvalue weighted by atomic mass is 16.6. The molecule has 2 aromatic carbocycles. The number of carbonyl (C=O) groups excluding carboxylic acids is 2. The molecule has 0 radical (unpaired) electrons. The maximum absolute atomic E-state index is 12.1. The maximum Gasteiger partial charge on any atom is 0.347 e. The van der Waals surface area contributed by atoms with Gasteiger partial charge in [-0.05, 0) is 90.8 Å². The molecular weight excluding hydrogens is 432 g/mol. The van der Waals surface area contributed by atoms with Gasteiger partial charge in [0.15, 0.2) is 12.2 Å². The van der Waals surface area contributed by atoms with Crippen LogP contribution in [-0.4, -0.2) is 35.3 Å². The van der Waals surface area contributed by atoms with E-state index in [1.165, 1.54) is 0 Å². The molecule has 2 unspecified atom stereocenters. The van der Waals surface area contributed by atoms with Crippen LogP contribution in [0.2, 0.25) is 0 Å². The van der Waals surface area contributed by atoms with E-state index in [1.807, 2.05) is 102 Å². The third kappa shape index (κ3) is 9.69. The van der Waals surface area contributed by atoms with Gasteiger partial charge in [0.25, 0.3) is 0 Å². The number of hydrogen-bond donors (Lipinski definition) is 0. The minimum atomic E-state index is -0.695. The highest BCUT2D eigenvalue weighted by molar-refractivity contribution is 5.76. The molecule has 0 aliphatic heterocycles. The molecule has 0 fully saturated rings. The van der Waals surface area contributed by atoms with E-state index < -0.39 is 35.3 Å². The summed E-state index contributed by atoms with van der Waals surface area (Å²) in [6, 6.07) is 14.9. The topological polar surface area (TPSA) is 71.1 Å². The Hall–Kier alpha value is -3.28. The van der Waals surface area contributed by atoms with Crippen molar-refractivity contribution in [2.75, 3.05) is 0 Å². The third-order valence-corrected chi connectivity index (χ3v) is 4.33. The summed E-state index contributed by atoms with van der Waals surface area (Å²) in [4.78, 5) is 24.1. The molecular formula is C28H36O6. The zero-order valence-corrected chi connectivity index (χ0v) is 21.4. The molecule has 0 spiro atoms. The molecule has 0 heterocycles. The van der Waals surface area contributed by atoms with Crippen LogP contribution in [0.25, 0.3) is 12.2 Å². The van der Waals surface area contributed by atoms with Gasteiger partial charge in [-0.25, -0.2) is 9.59 Å². The van der Waals surface area contributed by atoms with Crippen molar-refractivity contribution in [3.05, 3.63) is 59.7 Å². The van der Waals surface area contributed by atoms with Crippen molar-refractivity contribution < 1.29 is 28.5 Å². The van der Waals surface area contributed by atoms with Crippen molar-refractivity contribution >= 4 is 24.1 Å². The zero-order chi connectivity index (χ0) is 25.5. The van der Waals surface area contributed by atoms with E-state index in [0.717, 1.165) is 11.1 Å². The predicted molar refractivity (Wildman–Crippen MR) is 134 cm³/mol. The van der Waals surface area contributed by atoms with Crippen molar-refractivity contribution in [1.82, 2.24) is 0 Å². The molecule has 34 heavy (non-hydrogen) atoms. The Balaban J connectivity index is 1.91. The predicted octanol–water partition coefficient (Wildman–Crippen LogP) is 6.08. The highest BCUT2D eigenvalue weighted by Gasteiger charge is 2.24. The number of benzene rings is 2. The Kier molecular flexibility index (Phi) is 8.91. The van der Waals surface area contributed by atoms with Gasteiger partial charge in [0.2, 0.25) is 0 Å². The fraction of sp³-hybridized carbons (Fsp3) is 0.429. The van der Waals surface area contributed by atoms with Gasteiger partial charge in [0.05, 0.1) is 0 Å². The van der Waals surface area contributed by atoms with Crippen LogP contribution in [0.1, 0.15) is 66.5 Å². The molecule has 184 valence electrons. The highest BCUT2D eigenvalue weighted by Crippen LogP contribution is 2.20. The van der Waals surface area contributed by atoms with Gasteiger partial charge in [0, 0.05) is 0 Å². The smallest absolute Gasteiger partial charge is 0.347 e. The lowest BCUT2D eigenvalue weighted by Crippen LogP contribution is -2.33. The van der Waals surface area contributed by atoms with Crippen molar-refractivity contribution in [3.63, 3.8) is 0 Å². The van der Waals surface area contributed by atoms with E-state index in [2.05, 4.69) is 0 Å². The molecule has 0 aliphatic rings. The summed E-state index contributed by atoms with van der Waals surface area (Å²) in [7, 11) is 0. The van der Waals surface area contributed by atoms with Gasteiger partial charge in [-0.3, -0.25) is 0 Å². The van der Waals surface area contributed by atoms with Crippen molar-refractivity contribution in [1.29, 1.82) is 0 Å². The SMILES string of the molecule is CC(Oc1ccc(/C=C/c2ccc(OC(C)C(=O)OC(C)(C)C)cc2)cc1)C(=O)OC(C)(C)C. The van der Waals surface area contributed by atoms with E-state index in [1.54, 1.807) is 13.8 Å². The molecule has 2 aromatic rings. The summed E-state index contributed by atoms with van der Waals surface area (Å²) in [5, 5.41) is 0.